The van der Waals surface area contributed by atoms with Crippen molar-refractivity contribution < 1.29 is 10.2 Å². The summed E-state index contributed by atoms with van der Waals surface area (Å²) in [5.74, 6) is 0.0950. The summed E-state index contributed by atoms with van der Waals surface area (Å²) in [6.07, 6.45) is 8.96. The summed E-state index contributed by atoms with van der Waals surface area (Å²) >= 11 is 0. The Morgan fingerprint density at radius 1 is 0.733 bits per heavy atom. The van der Waals surface area contributed by atoms with Gasteiger partial charge in [-0.15, -0.1) is 0 Å². The Morgan fingerprint density at radius 3 is 1.98 bits per heavy atom. The second-order valence-corrected chi connectivity index (χ2v) is 11.1. The minimum absolute atomic E-state index is 0.0475. The van der Waals surface area contributed by atoms with Crippen LogP contribution < -0.4 is 10.7 Å². The summed E-state index contributed by atoms with van der Waals surface area (Å²) in [5, 5.41) is 27.0. The Morgan fingerprint density at radius 2 is 1.40 bits per heavy atom. The summed E-state index contributed by atoms with van der Waals surface area (Å²) in [6.45, 7) is 5.60. The molecule has 6 rings (SSSR count). The molecule has 4 aromatic heterocycles. The Hall–Kier alpha value is -5.15. The maximum atomic E-state index is 11.3. The molecular weight excluding hydrogens is 562 g/mol. The van der Waals surface area contributed by atoms with Crippen LogP contribution in [0.25, 0.3) is 21.5 Å². The largest absolute Gasteiger partial charge is 0.494 e. The fraction of sp³-hybridized carbons (Fsp3) is 0.250. The van der Waals surface area contributed by atoms with E-state index in [2.05, 4.69) is 26.8 Å². The van der Waals surface area contributed by atoms with E-state index in [1.807, 2.05) is 91.4 Å². The van der Waals surface area contributed by atoms with Crippen LogP contribution in [0.3, 0.4) is 0 Å². The van der Waals surface area contributed by atoms with Gasteiger partial charge in [-0.3, -0.25) is 34.4 Å². The fourth-order valence-electron chi connectivity index (χ4n) is 5.65. The van der Waals surface area contributed by atoms with E-state index in [9.17, 15) is 10.2 Å². The SMILES string of the molecule is CCCCn1c(O)c2ccc(=NCCN(Cc3ccccn3)Cc3ccccn3)c3c(=NCc4cccnc4)ccc(c1O)c23. The van der Waals surface area contributed by atoms with Gasteiger partial charge in [0.1, 0.15) is 0 Å². The van der Waals surface area contributed by atoms with Gasteiger partial charge in [0.25, 0.3) is 0 Å². The molecule has 4 heterocycles. The highest BCUT2D eigenvalue weighted by atomic mass is 16.3. The second-order valence-electron chi connectivity index (χ2n) is 11.1. The van der Waals surface area contributed by atoms with Crippen molar-refractivity contribution in [1.82, 2.24) is 24.4 Å². The van der Waals surface area contributed by atoms with Gasteiger partial charge in [0.2, 0.25) is 11.8 Å². The van der Waals surface area contributed by atoms with Crippen LogP contribution in [0.15, 0.2) is 108 Å². The number of hydrogen-bond acceptors (Lipinski definition) is 8. The van der Waals surface area contributed by atoms with E-state index in [1.54, 1.807) is 10.8 Å². The zero-order chi connectivity index (χ0) is 31.0. The van der Waals surface area contributed by atoms with Crippen LogP contribution in [0.5, 0.6) is 11.8 Å². The van der Waals surface area contributed by atoms with Gasteiger partial charge in [-0.25, -0.2) is 0 Å². The lowest BCUT2D eigenvalue weighted by atomic mass is 10.0. The van der Waals surface area contributed by atoms with Crippen molar-refractivity contribution in [1.29, 1.82) is 0 Å². The molecule has 0 unspecified atom stereocenters. The standard InChI is InChI=1S/C36H37N7O2/c1-2-3-20-43-35(44)29-12-14-31(34-32(15-13-30(33(29)34)36(43)45)41-23-26-9-8-16-37-22-26)40-19-21-42(24-27-10-4-6-17-38-27)25-28-11-5-7-18-39-28/h4-18,22,44-45H,2-3,19-21,23-25H2,1H3. The first-order valence-electron chi connectivity index (χ1n) is 15.4. The van der Waals surface area contributed by atoms with Crippen molar-refractivity contribution in [3.63, 3.8) is 0 Å². The molecule has 228 valence electrons. The van der Waals surface area contributed by atoms with Gasteiger partial charge in [-0.05, 0) is 66.6 Å². The molecule has 0 aliphatic heterocycles. The second kappa shape index (κ2) is 14.1. The minimum atomic E-state index is 0.0475. The zero-order valence-electron chi connectivity index (χ0n) is 25.4. The van der Waals surface area contributed by atoms with Crippen molar-refractivity contribution >= 4 is 21.5 Å². The average Bonchev–Trinajstić information content (AvgIpc) is 3.08. The van der Waals surface area contributed by atoms with Crippen molar-refractivity contribution in [3.8, 4) is 11.8 Å². The molecule has 0 saturated carbocycles. The van der Waals surface area contributed by atoms with Gasteiger partial charge in [0.15, 0.2) is 0 Å². The summed E-state index contributed by atoms with van der Waals surface area (Å²) < 4.78 is 1.59. The van der Waals surface area contributed by atoms with Crippen molar-refractivity contribution in [2.45, 2.75) is 45.9 Å². The molecule has 0 fully saturated rings. The summed E-state index contributed by atoms with van der Waals surface area (Å²) in [5.41, 5.74) is 2.96. The molecule has 45 heavy (non-hydrogen) atoms. The molecule has 0 radical (unpaired) electrons. The number of benzene rings is 2. The Kier molecular flexibility index (Phi) is 9.36. The van der Waals surface area contributed by atoms with Crippen LogP contribution in [0, 0.1) is 0 Å². The lowest BCUT2D eigenvalue weighted by Gasteiger charge is -2.21. The van der Waals surface area contributed by atoms with E-state index in [4.69, 9.17) is 9.98 Å². The van der Waals surface area contributed by atoms with Crippen LogP contribution >= 0.6 is 0 Å². The van der Waals surface area contributed by atoms with Crippen molar-refractivity contribution in [2.75, 3.05) is 13.1 Å². The van der Waals surface area contributed by atoms with Gasteiger partial charge in [-0.1, -0.05) is 31.5 Å². The van der Waals surface area contributed by atoms with E-state index in [-0.39, 0.29) is 11.8 Å². The van der Waals surface area contributed by atoms with Gasteiger partial charge in [0, 0.05) is 72.5 Å². The molecule has 2 N–H and O–H groups in total. The Labute approximate surface area is 261 Å². The molecule has 0 bridgehead atoms. The summed E-state index contributed by atoms with van der Waals surface area (Å²) in [4.78, 5) is 25.6. The Balaban J connectivity index is 1.42. The molecule has 0 saturated heterocycles. The lowest BCUT2D eigenvalue weighted by molar-refractivity contribution is 0.258. The van der Waals surface area contributed by atoms with Crippen LogP contribution in [0.4, 0.5) is 0 Å². The van der Waals surface area contributed by atoms with Gasteiger partial charge in [-0.2, -0.15) is 0 Å². The molecule has 9 heteroatoms. The number of hydrogen-bond donors (Lipinski definition) is 2. The average molecular weight is 600 g/mol. The first-order valence-corrected chi connectivity index (χ1v) is 15.4. The third-order valence-corrected chi connectivity index (χ3v) is 7.92. The number of aromatic nitrogens is 4. The molecule has 9 nitrogen and oxygen atoms in total. The number of rotatable bonds is 12. The first kappa shape index (κ1) is 29.9. The molecule has 0 spiro atoms. The van der Waals surface area contributed by atoms with Gasteiger partial charge >= 0.3 is 0 Å². The van der Waals surface area contributed by atoms with Gasteiger partial charge in [0.05, 0.1) is 35.2 Å². The highest BCUT2D eigenvalue weighted by Crippen LogP contribution is 2.37. The number of pyridine rings is 4. The third kappa shape index (κ3) is 6.84. The van der Waals surface area contributed by atoms with E-state index < -0.39 is 0 Å². The van der Waals surface area contributed by atoms with Crippen molar-refractivity contribution in [3.05, 3.63) is 125 Å². The van der Waals surface area contributed by atoms with Crippen LogP contribution in [0.1, 0.15) is 36.7 Å². The predicted molar refractivity (Wildman–Crippen MR) is 175 cm³/mol. The summed E-state index contributed by atoms with van der Waals surface area (Å²) in [7, 11) is 0. The molecule has 0 amide bonds. The lowest BCUT2D eigenvalue weighted by Crippen LogP contribution is -2.27. The highest BCUT2D eigenvalue weighted by Gasteiger charge is 2.18. The van der Waals surface area contributed by atoms with Crippen LogP contribution in [-0.2, 0) is 26.2 Å². The molecule has 6 aromatic rings. The molecule has 0 aliphatic rings. The minimum Gasteiger partial charge on any atom is -0.494 e. The monoisotopic (exact) mass is 599 g/mol. The zero-order valence-corrected chi connectivity index (χ0v) is 25.4. The van der Waals surface area contributed by atoms with E-state index in [1.165, 1.54) is 0 Å². The predicted octanol–water partition coefficient (Wildman–Crippen LogP) is 5.33. The quantitative estimate of drug-likeness (QED) is 0.197. The van der Waals surface area contributed by atoms with E-state index >= 15 is 0 Å². The number of nitrogens with zero attached hydrogens (tertiary/aromatic N) is 7. The topological polar surface area (TPSA) is 112 Å². The molecular formula is C36H37N7O2. The first-order chi connectivity index (χ1) is 22.1. The highest BCUT2D eigenvalue weighted by molar-refractivity contribution is 6.13. The number of unbranched alkanes of at least 4 members (excludes halogenated alkanes) is 1. The maximum absolute atomic E-state index is 11.3. The van der Waals surface area contributed by atoms with Crippen LogP contribution in [0.2, 0.25) is 0 Å². The van der Waals surface area contributed by atoms with Crippen molar-refractivity contribution in [2.24, 2.45) is 9.98 Å². The fourth-order valence-corrected chi connectivity index (χ4v) is 5.65. The smallest absolute Gasteiger partial charge is 0.201 e. The maximum Gasteiger partial charge on any atom is 0.201 e. The molecule has 0 aliphatic carbocycles. The molecule has 0 atom stereocenters. The third-order valence-electron chi connectivity index (χ3n) is 7.92. The van der Waals surface area contributed by atoms with E-state index in [0.717, 1.165) is 51.3 Å². The van der Waals surface area contributed by atoms with Gasteiger partial charge < -0.3 is 10.2 Å². The van der Waals surface area contributed by atoms with E-state index in [0.29, 0.717) is 50.0 Å². The normalized spacial score (nSPS) is 12.6. The number of aromatic hydroxyl groups is 2. The molecule has 2 aromatic carbocycles. The summed E-state index contributed by atoms with van der Waals surface area (Å²) in [6, 6.07) is 23.5. The van der Waals surface area contributed by atoms with Crippen LogP contribution in [-0.4, -0.2) is 47.7 Å². The Bertz CT molecular complexity index is 1930.